The molecule has 1 fully saturated rings. The lowest BCUT2D eigenvalue weighted by Gasteiger charge is -2.21. The number of carbonyl (C=O) groups is 2. The predicted octanol–water partition coefficient (Wildman–Crippen LogP) is 3.33. The largest absolute Gasteiger partial charge is 0.340 e. The molecule has 1 aliphatic carbocycles. The fourth-order valence-corrected chi connectivity index (χ4v) is 2.84. The van der Waals surface area contributed by atoms with Crippen LogP contribution in [0.5, 0.6) is 0 Å². The summed E-state index contributed by atoms with van der Waals surface area (Å²) in [6, 6.07) is 9.50. The zero-order valence-corrected chi connectivity index (χ0v) is 12.5. The van der Waals surface area contributed by atoms with Crippen LogP contribution in [0.25, 0.3) is 0 Å². The van der Waals surface area contributed by atoms with Crippen molar-refractivity contribution in [2.45, 2.75) is 51.4 Å². The van der Waals surface area contributed by atoms with Gasteiger partial charge in [-0.2, -0.15) is 5.48 Å². The lowest BCUT2D eigenvalue weighted by molar-refractivity contribution is -0.161. The van der Waals surface area contributed by atoms with Gasteiger partial charge in [0.2, 0.25) is 0 Å². The summed E-state index contributed by atoms with van der Waals surface area (Å²) in [7, 11) is 0. The molecule has 2 rings (SSSR count). The molecule has 1 saturated carbocycles. The normalized spacial score (nSPS) is 17.0. The van der Waals surface area contributed by atoms with Crippen LogP contribution in [-0.2, 0) is 14.4 Å². The highest BCUT2D eigenvalue weighted by Crippen LogP contribution is 2.24. The fourth-order valence-electron chi connectivity index (χ4n) is 2.84. The molecule has 0 radical (unpaired) electrons. The third-order valence-corrected chi connectivity index (χ3v) is 4.12. The molecule has 0 saturated heterocycles. The molecule has 0 aromatic heterocycles. The van der Waals surface area contributed by atoms with Crippen LogP contribution in [0.1, 0.15) is 56.9 Å². The number of nitrogens with one attached hydrogen (secondary N) is 1. The number of rotatable bonds is 4. The van der Waals surface area contributed by atoms with Crippen LogP contribution in [0.4, 0.5) is 0 Å². The van der Waals surface area contributed by atoms with Gasteiger partial charge in [0.1, 0.15) is 0 Å². The van der Waals surface area contributed by atoms with Gasteiger partial charge in [-0.3, -0.25) is 4.79 Å². The Hall–Kier alpha value is -1.84. The maximum atomic E-state index is 12.1. The molecule has 1 unspecified atom stereocenters. The Bertz CT molecular complexity index is 466. The van der Waals surface area contributed by atoms with E-state index in [0.717, 1.165) is 31.2 Å². The Morgan fingerprint density at radius 2 is 1.86 bits per heavy atom. The molecule has 1 amide bonds. The summed E-state index contributed by atoms with van der Waals surface area (Å²) in [4.78, 5) is 29.1. The van der Waals surface area contributed by atoms with E-state index < -0.39 is 5.97 Å². The number of hydroxylamine groups is 1. The highest BCUT2D eigenvalue weighted by atomic mass is 16.7. The van der Waals surface area contributed by atoms with Crippen LogP contribution >= 0.6 is 0 Å². The van der Waals surface area contributed by atoms with Crippen LogP contribution in [0.2, 0.25) is 0 Å². The van der Waals surface area contributed by atoms with Gasteiger partial charge in [0, 0.05) is 5.92 Å². The third kappa shape index (κ3) is 4.31. The minimum Gasteiger partial charge on any atom is -0.340 e. The number of amides is 1. The average Bonchev–Trinajstić information content (AvgIpc) is 2.55. The Balaban J connectivity index is 1.86. The summed E-state index contributed by atoms with van der Waals surface area (Å²) in [5.41, 5.74) is 3.26. The van der Waals surface area contributed by atoms with Gasteiger partial charge in [0.15, 0.2) is 0 Å². The minimum absolute atomic E-state index is 0.0108. The lowest BCUT2D eigenvalue weighted by atomic mass is 9.89. The second-order valence-electron chi connectivity index (χ2n) is 5.59. The Kier molecular flexibility index (Phi) is 5.78. The van der Waals surface area contributed by atoms with E-state index in [9.17, 15) is 9.59 Å². The van der Waals surface area contributed by atoms with Crippen molar-refractivity contribution >= 4 is 11.9 Å². The maximum absolute atomic E-state index is 12.1. The molecule has 1 aromatic carbocycles. The summed E-state index contributed by atoms with van der Waals surface area (Å²) < 4.78 is 0. The van der Waals surface area contributed by atoms with Crippen molar-refractivity contribution in [3.05, 3.63) is 35.9 Å². The first kappa shape index (κ1) is 15.5. The molecule has 0 heterocycles. The summed E-state index contributed by atoms with van der Waals surface area (Å²) in [5.74, 6) is -0.903. The number of carbonyl (C=O) groups excluding carboxylic acids is 2. The molecule has 21 heavy (non-hydrogen) atoms. The smallest absolute Gasteiger partial charge is 0.339 e. The molecule has 0 bridgehead atoms. The lowest BCUT2D eigenvalue weighted by Crippen LogP contribution is -2.35. The van der Waals surface area contributed by atoms with E-state index >= 15 is 0 Å². The average molecular weight is 289 g/mol. The SMILES string of the molecule is CCC(C(=O)ONC(=O)C1CCCCC1)c1ccccc1. The summed E-state index contributed by atoms with van der Waals surface area (Å²) in [6.07, 6.45) is 5.76. The summed E-state index contributed by atoms with van der Waals surface area (Å²) in [6.45, 7) is 1.93. The Labute approximate surface area is 125 Å². The van der Waals surface area contributed by atoms with E-state index in [-0.39, 0.29) is 17.7 Å². The Morgan fingerprint density at radius 3 is 2.48 bits per heavy atom. The molecule has 0 spiro atoms. The molecule has 1 N–H and O–H groups in total. The van der Waals surface area contributed by atoms with Crippen molar-refractivity contribution in [1.82, 2.24) is 5.48 Å². The standard InChI is InChI=1S/C17H23NO3/c1-2-15(13-9-5-3-6-10-13)17(20)21-18-16(19)14-11-7-4-8-12-14/h3,5-6,9-10,14-15H,2,4,7-8,11-12H2,1H3,(H,18,19). The van der Waals surface area contributed by atoms with Crippen molar-refractivity contribution < 1.29 is 14.4 Å². The minimum atomic E-state index is -0.396. The van der Waals surface area contributed by atoms with E-state index in [0.29, 0.717) is 6.42 Å². The number of benzene rings is 1. The van der Waals surface area contributed by atoms with E-state index in [4.69, 9.17) is 4.84 Å². The maximum Gasteiger partial charge on any atom is 0.339 e. The highest BCUT2D eigenvalue weighted by Gasteiger charge is 2.25. The Morgan fingerprint density at radius 1 is 1.19 bits per heavy atom. The van der Waals surface area contributed by atoms with Crippen LogP contribution in [-0.4, -0.2) is 11.9 Å². The topological polar surface area (TPSA) is 55.4 Å². The third-order valence-electron chi connectivity index (χ3n) is 4.12. The summed E-state index contributed by atoms with van der Waals surface area (Å²) in [5, 5.41) is 0. The van der Waals surface area contributed by atoms with Crippen molar-refractivity contribution in [3.63, 3.8) is 0 Å². The van der Waals surface area contributed by atoms with Crippen LogP contribution in [0.15, 0.2) is 30.3 Å². The van der Waals surface area contributed by atoms with Crippen molar-refractivity contribution in [1.29, 1.82) is 0 Å². The van der Waals surface area contributed by atoms with Gasteiger partial charge in [0.25, 0.3) is 5.91 Å². The van der Waals surface area contributed by atoms with Crippen LogP contribution < -0.4 is 5.48 Å². The molecule has 4 nitrogen and oxygen atoms in total. The van der Waals surface area contributed by atoms with Crippen molar-refractivity contribution in [2.24, 2.45) is 5.92 Å². The molecule has 114 valence electrons. The van der Waals surface area contributed by atoms with Crippen LogP contribution in [0.3, 0.4) is 0 Å². The van der Waals surface area contributed by atoms with Gasteiger partial charge >= 0.3 is 5.97 Å². The van der Waals surface area contributed by atoms with Gasteiger partial charge in [-0.05, 0) is 24.8 Å². The van der Waals surface area contributed by atoms with Gasteiger partial charge in [-0.1, -0.05) is 56.5 Å². The van der Waals surface area contributed by atoms with Crippen molar-refractivity contribution in [2.75, 3.05) is 0 Å². The van der Waals surface area contributed by atoms with E-state index in [1.54, 1.807) is 0 Å². The second-order valence-corrected chi connectivity index (χ2v) is 5.59. The molecular formula is C17H23NO3. The van der Waals surface area contributed by atoms with E-state index in [2.05, 4.69) is 5.48 Å². The first-order valence-corrected chi connectivity index (χ1v) is 7.78. The first-order chi connectivity index (χ1) is 10.2. The van der Waals surface area contributed by atoms with Crippen molar-refractivity contribution in [3.8, 4) is 0 Å². The molecule has 1 atom stereocenters. The molecule has 0 aliphatic heterocycles. The van der Waals surface area contributed by atoms with Gasteiger partial charge in [0.05, 0.1) is 5.92 Å². The molecular weight excluding hydrogens is 266 g/mol. The molecule has 1 aliphatic rings. The predicted molar refractivity (Wildman–Crippen MR) is 80.3 cm³/mol. The van der Waals surface area contributed by atoms with Gasteiger partial charge < -0.3 is 4.84 Å². The van der Waals surface area contributed by atoms with Crippen LogP contribution in [0, 0.1) is 5.92 Å². The quantitative estimate of drug-likeness (QED) is 0.865. The highest BCUT2D eigenvalue weighted by molar-refractivity contribution is 5.82. The molecule has 4 heteroatoms. The van der Waals surface area contributed by atoms with Gasteiger partial charge in [-0.15, -0.1) is 0 Å². The summed E-state index contributed by atoms with van der Waals surface area (Å²) >= 11 is 0. The number of hydrogen-bond donors (Lipinski definition) is 1. The fraction of sp³-hybridized carbons (Fsp3) is 0.529. The molecule has 1 aromatic rings. The van der Waals surface area contributed by atoms with Gasteiger partial charge in [-0.25, -0.2) is 4.79 Å². The zero-order chi connectivity index (χ0) is 15.1. The monoisotopic (exact) mass is 289 g/mol. The zero-order valence-electron chi connectivity index (χ0n) is 12.5. The van der Waals surface area contributed by atoms with E-state index in [1.165, 1.54) is 6.42 Å². The second kappa shape index (κ2) is 7.81. The first-order valence-electron chi connectivity index (χ1n) is 7.78. The number of hydrogen-bond acceptors (Lipinski definition) is 3. The van der Waals surface area contributed by atoms with E-state index in [1.807, 2.05) is 37.3 Å².